The van der Waals surface area contributed by atoms with Crippen molar-refractivity contribution in [1.29, 1.82) is 0 Å². The summed E-state index contributed by atoms with van der Waals surface area (Å²) in [5.74, 6) is 1.99. The topological polar surface area (TPSA) is 21.3 Å². The van der Waals surface area contributed by atoms with Crippen LogP contribution in [0.15, 0.2) is 35.7 Å². The molecule has 2 nitrogen and oxygen atoms in total. The molecule has 0 saturated carbocycles. The molecule has 0 fully saturated rings. The smallest absolute Gasteiger partial charge is 0.150 e. The minimum atomic E-state index is 0.932. The second kappa shape index (κ2) is 3.74. The lowest BCUT2D eigenvalue weighted by atomic mass is 10.2. The molecule has 1 heterocycles. The van der Waals surface area contributed by atoms with Crippen molar-refractivity contribution in [3.05, 3.63) is 35.7 Å². The molecule has 0 amide bonds. The molecule has 14 heavy (non-hydrogen) atoms. The van der Waals surface area contributed by atoms with Gasteiger partial charge in [-0.05, 0) is 18.6 Å². The normalized spacial score (nSPS) is 14.4. The third-order valence-electron chi connectivity index (χ3n) is 2.42. The van der Waals surface area contributed by atoms with Gasteiger partial charge in [0.2, 0.25) is 0 Å². The minimum Gasteiger partial charge on any atom is -0.458 e. The molecule has 1 aromatic rings. The largest absolute Gasteiger partial charge is 0.458 e. The van der Waals surface area contributed by atoms with Gasteiger partial charge in [0.25, 0.3) is 0 Å². The van der Waals surface area contributed by atoms with Crippen LogP contribution in [-0.2, 0) is 0 Å². The summed E-state index contributed by atoms with van der Waals surface area (Å²) >= 11 is 0. The van der Waals surface area contributed by atoms with Crippen LogP contribution in [0.4, 0.5) is 5.69 Å². The summed E-state index contributed by atoms with van der Waals surface area (Å²) in [6, 6.07) is 8.03. The van der Waals surface area contributed by atoms with E-state index in [1.807, 2.05) is 24.3 Å². The fourth-order valence-corrected chi connectivity index (χ4v) is 1.66. The van der Waals surface area contributed by atoms with Gasteiger partial charge >= 0.3 is 0 Å². The average Bonchev–Trinajstić information content (AvgIpc) is 2.27. The predicted octanol–water partition coefficient (Wildman–Crippen LogP) is 3.52. The maximum atomic E-state index is 5.80. The molecule has 2 rings (SSSR count). The first-order valence-electron chi connectivity index (χ1n) is 5.11. The van der Waals surface area contributed by atoms with Gasteiger partial charge in [-0.3, -0.25) is 0 Å². The molecule has 0 aliphatic carbocycles. The number of hydrogen-bond donors (Lipinski definition) is 1. The third-order valence-corrected chi connectivity index (χ3v) is 2.42. The lowest BCUT2D eigenvalue weighted by Gasteiger charge is -2.23. The summed E-state index contributed by atoms with van der Waals surface area (Å²) in [6.45, 7) is 4.25. The van der Waals surface area contributed by atoms with Gasteiger partial charge in [-0.1, -0.05) is 26.0 Å². The molecule has 0 unspecified atom stereocenters. The maximum Gasteiger partial charge on any atom is 0.150 e. The van der Waals surface area contributed by atoms with E-state index in [1.165, 1.54) is 5.70 Å². The van der Waals surface area contributed by atoms with Gasteiger partial charge in [0, 0.05) is 6.42 Å². The Kier molecular flexibility index (Phi) is 2.44. The van der Waals surface area contributed by atoms with E-state index in [9.17, 15) is 0 Å². The summed E-state index contributed by atoms with van der Waals surface area (Å²) < 4.78 is 5.80. The SMILES string of the molecule is CCC1=C(CC)Oc2ccccc2N1. The molecule has 0 radical (unpaired) electrons. The molecular formula is C12H15NO. The van der Waals surface area contributed by atoms with Crippen molar-refractivity contribution in [2.75, 3.05) is 5.32 Å². The Labute approximate surface area is 84.6 Å². The minimum absolute atomic E-state index is 0.932. The summed E-state index contributed by atoms with van der Waals surface area (Å²) in [7, 11) is 0. The highest BCUT2D eigenvalue weighted by molar-refractivity contribution is 5.62. The Morgan fingerprint density at radius 2 is 1.93 bits per heavy atom. The van der Waals surface area contributed by atoms with Crippen LogP contribution in [0, 0.1) is 0 Å². The van der Waals surface area contributed by atoms with Gasteiger partial charge in [-0.2, -0.15) is 0 Å². The quantitative estimate of drug-likeness (QED) is 0.768. The van der Waals surface area contributed by atoms with E-state index < -0.39 is 0 Å². The van der Waals surface area contributed by atoms with E-state index >= 15 is 0 Å². The first-order valence-corrected chi connectivity index (χ1v) is 5.11. The van der Waals surface area contributed by atoms with Gasteiger partial charge in [-0.25, -0.2) is 0 Å². The molecule has 74 valence electrons. The molecule has 0 saturated heterocycles. The van der Waals surface area contributed by atoms with Crippen molar-refractivity contribution in [2.45, 2.75) is 26.7 Å². The summed E-state index contributed by atoms with van der Waals surface area (Å²) in [6.07, 6.45) is 1.92. The highest BCUT2D eigenvalue weighted by atomic mass is 16.5. The Bertz CT molecular complexity index is 333. The average molecular weight is 189 g/mol. The lowest BCUT2D eigenvalue weighted by Crippen LogP contribution is -2.13. The summed E-state index contributed by atoms with van der Waals surface area (Å²) in [4.78, 5) is 0. The van der Waals surface area contributed by atoms with E-state index in [-0.39, 0.29) is 0 Å². The molecule has 0 bridgehead atoms. The predicted molar refractivity (Wildman–Crippen MR) is 58.3 cm³/mol. The number of hydrogen-bond acceptors (Lipinski definition) is 2. The van der Waals surface area contributed by atoms with Crippen LogP contribution in [0.2, 0.25) is 0 Å². The van der Waals surface area contributed by atoms with Crippen LogP contribution < -0.4 is 10.1 Å². The molecule has 2 heteroatoms. The van der Waals surface area contributed by atoms with Crippen LogP contribution in [0.25, 0.3) is 0 Å². The third kappa shape index (κ3) is 1.48. The number of anilines is 1. The number of fused-ring (bicyclic) bond motifs is 1. The van der Waals surface area contributed by atoms with E-state index in [0.717, 1.165) is 30.0 Å². The lowest BCUT2D eigenvalue weighted by molar-refractivity contribution is 0.396. The molecule has 1 aromatic carbocycles. The van der Waals surface area contributed by atoms with Crippen molar-refractivity contribution in [1.82, 2.24) is 0 Å². The van der Waals surface area contributed by atoms with Crippen molar-refractivity contribution in [3.8, 4) is 5.75 Å². The van der Waals surface area contributed by atoms with Gasteiger partial charge in [0.05, 0.1) is 11.4 Å². The number of benzene rings is 1. The number of allylic oxidation sites excluding steroid dienone is 2. The van der Waals surface area contributed by atoms with Gasteiger partial charge < -0.3 is 10.1 Å². The van der Waals surface area contributed by atoms with Gasteiger partial charge in [-0.15, -0.1) is 0 Å². The maximum absolute atomic E-state index is 5.80. The molecule has 0 aromatic heterocycles. The van der Waals surface area contributed by atoms with Crippen molar-refractivity contribution < 1.29 is 4.74 Å². The standard InChI is InChI=1S/C12H15NO/c1-3-9-11(4-2)14-12-8-6-5-7-10(12)13-9/h5-8,13H,3-4H2,1-2H3. The second-order valence-electron chi connectivity index (χ2n) is 3.33. The first-order chi connectivity index (χ1) is 6.85. The van der Waals surface area contributed by atoms with Crippen molar-refractivity contribution in [2.24, 2.45) is 0 Å². The highest BCUT2D eigenvalue weighted by Gasteiger charge is 2.15. The van der Waals surface area contributed by atoms with Crippen LogP contribution in [-0.4, -0.2) is 0 Å². The van der Waals surface area contributed by atoms with E-state index in [2.05, 4.69) is 19.2 Å². The Morgan fingerprint density at radius 3 is 2.64 bits per heavy atom. The second-order valence-corrected chi connectivity index (χ2v) is 3.33. The Balaban J connectivity index is 2.35. The molecule has 1 aliphatic heterocycles. The molecular weight excluding hydrogens is 174 g/mol. The first kappa shape index (κ1) is 9.13. The zero-order chi connectivity index (χ0) is 9.97. The van der Waals surface area contributed by atoms with Gasteiger partial charge in [0.15, 0.2) is 0 Å². The van der Waals surface area contributed by atoms with Crippen LogP contribution in [0.3, 0.4) is 0 Å². The fourth-order valence-electron chi connectivity index (χ4n) is 1.66. The Morgan fingerprint density at radius 1 is 1.14 bits per heavy atom. The highest BCUT2D eigenvalue weighted by Crippen LogP contribution is 2.33. The summed E-state index contributed by atoms with van der Waals surface area (Å²) in [5.41, 5.74) is 2.27. The van der Waals surface area contributed by atoms with E-state index in [4.69, 9.17) is 4.74 Å². The van der Waals surface area contributed by atoms with Crippen molar-refractivity contribution in [3.63, 3.8) is 0 Å². The summed E-state index contributed by atoms with van der Waals surface area (Å²) in [5, 5.41) is 3.40. The van der Waals surface area contributed by atoms with Crippen LogP contribution in [0.1, 0.15) is 26.7 Å². The number of nitrogens with one attached hydrogen (secondary N) is 1. The molecule has 1 N–H and O–H groups in total. The number of ether oxygens (including phenoxy) is 1. The number of rotatable bonds is 2. The number of para-hydroxylation sites is 2. The molecule has 1 aliphatic rings. The van der Waals surface area contributed by atoms with Gasteiger partial charge in [0.1, 0.15) is 11.5 Å². The van der Waals surface area contributed by atoms with Crippen molar-refractivity contribution >= 4 is 5.69 Å². The molecule has 0 atom stereocenters. The Hall–Kier alpha value is -1.44. The van der Waals surface area contributed by atoms with E-state index in [1.54, 1.807) is 0 Å². The van der Waals surface area contributed by atoms with Crippen LogP contribution >= 0.6 is 0 Å². The zero-order valence-electron chi connectivity index (χ0n) is 8.63. The van der Waals surface area contributed by atoms with E-state index in [0.29, 0.717) is 0 Å². The van der Waals surface area contributed by atoms with Crippen LogP contribution in [0.5, 0.6) is 5.75 Å². The molecule has 0 spiro atoms. The fraction of sp³-hybridized carbons (Fsp3) is 0.333. The monoisotopic (exact) mass is 189 g/mol. The zero-order valence-corrected chi connectivity index (χ0v) is 8.63.